The average molecular weight is 442 g/mol. The molecular weight excluding hydrogens is 414 g/mol. The minimum Gasteiger partial charge on any atom is -0.331 e. The Hall–Kier alpha value is -2.71. The lowest BCUT2D eigenvalue weighted by Gasteiger charge is -2.35. The van der Waals surface area contributed by atoms with Crippen molar-refractivity contribution in [3.05, 3.63) is 65.7 Å². The van der Waals surface area contributed by atoms with Crippen molar-refractivity contribution >= 4 is 21.8 Å². The molecule has 0 radical (unpaired) electrons. The Labute approximate surface area is 183 Å². The number of rotatable bonds is 6. The molecule has 0 bridgehead atoms. The van der Waals surface area contributed by atoms with E-state index in [1.165, 1.54) is 35.5 Å². The number of Topliss-reactive ketones (excluding diaryl/α,β-unsaturated/α-hetero) is 1. The Kier molecular flexibility index (Phi) is 6.11. The summed E-state index contributed by atoms with van der Waals surface area (Å²) in [6.07, 6.45) is 2.21. The molecule has 2 aliphatic rings. The highest BCUT2D eigenvalue weighted by molar-refractivity contribution is 7.89. The van der Waals surface area contributed by atoms with Crippen molar-refractivity contribution in [2.75, 3.05) is 26.2 Å². The summed E-state index contributed by atoms with van der Waals surface area (Å²) >= 11 is 0. The number of sulfonamides is 1. The molecule has 164 valence electrons. The van der Waals surface area contributed by atoms with Crippen molar-refractivity contribution in [1.82, 2.24) is 14.5 Å². The topological polar surface area (TPSA) is 86.8 Å². The lowest BCUT2D eigenvalue weighted by molar-refractivity contribution is 0.101. The minimum absolute atomic E-state index is 0.00440. The molecule has 0 spiro atoms. The Balaban J connectivity index is 1.37. The van der Waals surface area contributed by atoms with Crippen LogP contribution in [0.5, 0.6) is 0 Å². The first kappa shape index (κ1) is 21.5. The maximum absolute atomic E-state index is 12.9. The highest BCUT2D eigenvalue weighted by Crippen LogP contribution is 2.41. The molecule has 1 heterocycles. The summed E-state index contributed by atoms with van der Waals surface area (Å²) in [5.74, 6) is 0.356. The number of amides is 2. The van der Waals surface area contributed by atoms with E-state index in [9.17, 15) is 18.0 Å². The van der Waals surface area contributed by atoms with E-state index in [0.717, 1.165) is 18.4 Å². The third-order valence-electron chi connectivity index (χ3n) is 5.96. The van der Waals surface area contributed by atoms with Crippen LogP contribution in [0.2, 0.25) is 0 Å². The van der Waals surface area contributed by atoms with E-state index in [1.54, 1.807) is 4.90 Å². The monoisotopic (exact) mass is 441 g/mol. The fourth-order valence-corrected chi connectivity index (χ4v) is 5.35. The van der Waals surface area contributed by atoms with E-state index in [4.69, 9.17) is 0 Å². The zero-order valence-corrected chi connectivity index (χ0v) is 18.3. The molecule has 1 unspecified atom stereocenters. The second kappa shape index (κ2) is 8.80. The van der Waals surface area contributed by atoms with Crippen LogP contribution in [0.15, 0.2) is 59.5 Å². The lowest BCUT2D eigenvalue weighted by Crippen LogP contribution is -2.53. The molecule has 4 rings (SSSR count). The summed E-state index contributed by atoms with van der Waals surface area (Å²) < 4.78 is 27.3. The van der Waals surface area contributed by atoms with Crippen LogP contribution in [0.25, 0.3) is 0 Å². The molecular formula is C23H27N3O4S. The van der Waals surface area contributed by atoms with Gasteiger partial charge >= 0.3 is 6.03 Å². The van der Waals surface area contributed by atoms with E-state index in [0.29, 0.717) is 24.6 Å². The van der Waals surface area contributed by atoms with Crippen LogP contribution in [-0.4, -0.2) is 55.6 Å². The smallest absolute Gasteiger partial charge is 0.317 e. The Bertz CT molecular complexity index is 1040. The fraction of sp³-hybridized carbons (Fsp3) is 0.391. The van der Waals surface area contributed by atoms with Crippen LogP contribution < -0.4 is 5.32 Å². The Morgan fingerprint density at radius 2 is 1.55 bits per heavy atom. The van der Waals surface area contributed by atoms with Gasteiger partial charge in [-0.25, -0.2) is 13.2 Å². The molecule has 1 saturated heterocycles. The molecule has 2 amide bonds. The number of benzene rings is 2. The van der Waals surface area contributed by atoms with Gasteiger partial charge in [-0.15, -0.1) is 0 Å². The van der Waals surface area contributed by atoms with E-state index >= 15 is 0 Å². The van der Waals surface area contributed by atoms with Crippen LogP contribution in [0.1, 0.15) is 41.7 Å². The van der Waals surface area contributed by atoms with Gasteiger partial charge in [0, 0.05) is 31.7 Å². The standard InChI is InChI=1S/C23H27N3O4S/c1-17(27)18-9-11-21(12-10-18)31(29,30)26-15-13-25(14-16-26)23(28)24-22(20-7-8-20)19-5-3-2-4-6-19/h2-6,9-12,20,22H,7-8,13-16H2,1H3,(H,24,28). The highest BCUT2D eigenvalue weighted by atomic mass is 32.2. The number of nitrogens with zero attached hydrogens (tertiary/aromatic N) is 2. The predicted molar refractivity (Wildman–Crippen MR) is 117 cm³/mol. The highest BCUT2D eigenvalue weighted by Gasteiger charge is 2.35. The van der Waals surface area contributed by atoms with Gasteiger partial charge in [0.25, 0.3) is 0 Å². The number of piperazine rings is 1. The molecule has 1 N–H and O–H groups in total. The van der Waals surface area contributed by atoms with Crippen molar-refractivity contribution in [3.8, 4) is 0 Å². The maximum atomic E-state index is 12.9. The van der Waals surface area contributed by atoms with Gasteiger partial charge in [-0.3, -0.25) is 4.79 Å². The van der Waals surface area contributed by atoms with Gasteiger partial charge < -0.3 is 10.2 Å². The van der Waals surface area contributed by atoms with Crippen LogP contribution >= 0.6 is 0 Å². The van der Waals surface area contributed by atoms with Gasteiger partial charge in [0.1, 0.15) is 0 Å². The normalized spacial score (nSPS) is 18.4. The third-order valence-corrected chi connectivity index (χ3v) is 7.87. The van der Waals surface area contributed by atoms with Crippen LogP contribution in [0.3, 0.4) is 0 Å². The molecule has 7 nitrogen and oxygen atoms in total. The molecule has 2 aromatic rings. The quantitative estimate of drug-likeness (QED) is 0.698. The number of hydrogen-bond acceptors (Lipinski definition) is 4. The zero-order valence-electron chi connectivity index (χ0n) is 17.5. The summed E-state index contributed by atoms with van der Waals surface area (Å²) in [6, 6.07) is 15.8. The van der Waals surface area contributed by atoms with Crippen molar-refractivity contribution < 1.29 is 18.0 Å². The van der Waals surface area contributed by atoms with E-state index < -0.39 is 10.0 Å². The molecule has 1 atom stereocenters. The zero-order chi connectivity index (χ0) is 22.0. The molecule has 1 aliphatic heterocycles. The van der Waals surface area contributed by atoms with E-state index in [2.05, 4.69) is 5.32 Å². The molecule has 2 aromatic carbocycles. The molecule has 0 aromatic heterocycles. The van der Waals surface area contributed by atoms with Crippen molar-refractivity contribution in [2.24, 2.45) is 5.92 Å². The molecule has 1 aliphatic carbocycles. The average Bonchev–Trinajstić information content (AvgIpc) is 3.63. The molecule has 2 fully saturated rings. The van der Waals surface area contributed by atoms with Crippen LogP contribution in [-0.2, 0) is 10.0 Å². The second-order valence-corrected chi connectivity index (χ2v) is 10.1. The summed E-state index contributed by atoms with van der Waals surface area (Å²) in [4.78, 5) is 26.1. The number of carbonyl (C=O) groups is 2. The largest absolute Gasteiger partial charge is 0.331 e. The predicted octanol–water partition coefficient (Wildman–Crippen LogP) is 3.06. The molecule has 1 saturated carbocycles. The number of ketones is 1. The first-order valence-electron chi connectivity index (χ1n) is 10.6. The molecule has 8 heteroatoms. The number of hydrogen-bond donors (Lipinski definition) is 1. The van der Waals surface area contributed by atoms with Gasteiger partial charge in [0.15, 0.2) is 5.78 Å². The summed E-state index contributed by atoms with van der Waals surface area (Å²) in [5.41, 5.74) is 1.58. The van der Waals surface area contributed by atoms with E-state index in [-0.39, 0.29) is 35.8 Å². The van der Waals surface area contributed by atoms with Gasteiger partial charge in [0.05, 0.1) is 10.9 Å². The van der Waals surface area contributed by atoms with Crippen LogP contribution in [0.4, 0.5) is 4.79 Å². The Morgan fingerprint density at radius 1 is 0.935 bits per heavy atom. The van der Waals surface area contributed by atoms with E-state index in [1.807, 2.05) is 30.3 Å². The molecule has 31 heavy (non-hydrogen) atoms. The van der Waals surface area contributed by atoms with Gasteiger partial charge in [-0.05, 0) is 43.4 Å². The van der Waals surface area contributed by atoms with Crippen molar-refractivity contribution in [2.45, 2.75) is 30.7 Å². The SMILES string of the molecule is CC(=O)c1ccc(S(=O)(=O)N2CCN(C(=O)NC(c3ccccc3)C3CC3)CC2)cc1. The number of urea groups is 1. The third kappa shape index (κ3) is 4.80. The summed E-state index contributed by atoms with van der Waals surface area (Å²) in [6.45, 7) is 2.60. The first-order chi connectivity index (χ1) is 14.9. The number of carbonyl (C=O) groups excluding carboxylic acids is 2. The fourth-order valence-electron chi connectivity index (χ4n) is 3.93. The van der Waals surface area contributed by atoms with Crippen molar-refractivity contribution in [3.63, 3.8) is 0 Å². The lowest BCUT2D eigenvalue weighted by atomic mass is 10.0. The second-order valence-electron chi connectivity index (χ2n) is 8.15. The number of nitrogens with one attached hydrogen (secondary N) is 1. The van der Waals surface area contributed by atoms with Gasteiger partial charge in [-0.2, -0.15) is 4.31 Å². The van der Waals surface area contributed by atoms with Crippen molar-refractivity contribution in [1.29, 1.82) is 0 Å². The maximum Gasteiger partial charge on any atom is 0.317 e. The minimum atomic E-state index is -3.66. The summed E-state index contributed by atoms with van der Waals surface area (Å²) in [5, 5.41) is 3.15. The summed E-state index contributed by atoms with van der Waals surface area (Å²) in [7, 11) is -3.66. The van der Waals surface area contributed by atoms with Gasteiger partial charge in [0.2, 0.25) is 10.0 Å². The first-order valence-corrected chi connectivity index (χ1v) is 12.0. The van der Waals surface area contributed by atoms with Gasteiger partial charge in [-0.1, -0.05) is 42.5 Å². The Morgan fingerprint density at radius 3 is 2.10 bits per heavy atom. The van der Waals surface area contributed by atoms with Crippen LogP contribution in [0, 0.1) is 5.92 Å².